The van der Waals surface area contributed by atoms with E-state index in [4.69, 9.17) is 10.00 Å². The number of anilines is 1. The van der Waals surface area contributed by atoms with E-state index in [-0.39, 0.29) is 11.9 Å². The minimum absolute atomic E-state index is 0.0719. The smallest absolute Gasteiger partial charge is 0.242 e. The topological polar surface area (TPSA) is 74.2 Å². The molecule has 1 rings (SSSR count). The Morgan fingerprint density at radius 1 is 1.55 bits per heavy atom. The van der Waals surface area contributed by atoms with Crippen molar-refractivity contribution in [3.63, 3.8) is 0 Å². The molecule has 0 radical (unpaired) electrons. The van der Waals surface area contributed by atoms with Crippen LogP contribution in [0.1, 0.15) is 18.9 Å². The Morgan fingerprint density at radius 2 is 2.30 bits per heavy atom. The highest BCUT2D eigenvalue weighted by Gasteiger charge is 2.13. The van der Waals surface area contributed by atoms with E-state index in [0.717, 1.165) is 16.6 Å². The summed E-state index contributed by atoms with van der Waals surface area (Å²) < 4.78 is 5.68. The second-order valence-corrected chi connectivity index (χ2v) is 5.16. The fourth-order valence-electron chi connectivity index (χ4n) is 1.58. The predicted molar refractivity (Wildman–Crippen MR) is 81.4 cm³/mol. The molecule has 6 heteroatoms. The molecule has 1 aromatic rings. The van der Waals surface area contributed by atoms with Gasteiger partial charge in [-0.2, -0.15) is 5.26 Å². The van der Waals surface area contributed by atoms with Crippen LogP contribution in [0.3, 0.4) is 0 Å². The number of hydrogen-bond donors (Lipinski definition) is 2. The van der Waals surface area contributed by atoms with Gasteiger partial charge in [-0.05, 0) is 47.5 Å². The molecule has 0 saturated carbocycles. The second kappa shape index (κ2) is 8.56. The van der Waals surface area contributed by atoms with E-state index in [1.54, 1.807) is 32.2 Å². The molecule has 0 fully saturated rings. The summed E-state index contributed by atoms with van der Waals surface area (Å²) in [4.78, 5) is 11.9. The molecule has 5 nitrogen and oxygen atoms in total. The summed E-state index contributed by atoms with van der Waals surface area (Å²) in [5.41, 5.74) is 1.35. The van der Waals surface area contributed by atoms with Gasteiger partial charge in [-0.25, -0.2) is 0 Å². The Balaban J connectivity index is 2.51. The summed E-state index contributed by atoms with van der Waals surface area (Å²) in [6.45, 7) is 3.01. The lowest BCUT2D eigenvalue weighted by atomic mass is 10.2. The number of rotatable bonds is 7. The Morgan fingerprint density at radius 3 is 2.90 bits per heavy atom. The van der Waals surface area contributed by atoms with E-state index < -0.39 is 0 Å². The average molecular weight is 340 g/mol. The van der Waals surface area contributed by atoms with Gasteiger partial charge >= 0.3 is 0 Å². The summed E-state index contributed by atoms with van der Waals surface area (Å²) in [6.07, 6.45) is 0.787. The molecule has 0 aliphatic heterocycles. The first-order valence-electron chi connectivity index (χ1n) is 6.31. The molecule has 0 aliphatic rings. The van der Waals surface area contributed by atoms with Crippen LogP contribution in [0, 0.1) is 11.3 Å². The van der Waals surface area contributed by atoms with Crippen LogP contribution in [-0.4, -0.2) is 32.2 Å². The van der Waals surface area contributed by atoms with Crippen molar-refractivity contribution in [2.45, 2.75) is 19.4 Å². The van der Waals surface area contributed by atoms with Crippen LogP contribution in [-0.2, 0) is 9.53 Å². The summed E-state index contributed by atoms with van der Waals surface area (Å²) in [5, 5.41) is 14.7. The molecule has 0 heterocycles. The van der Waals surface area contributed by atoms with E-state index in [0.29, 0.717) is 18.7 Å². The molecule has 0 aliphatic carbocycles. The third-order valence-electron chi connectivity index (χ3n) is 2.69. The van der Waals surface area contributed by atoms with Gasteiger partial charge in [0.2, 0.25) is 5.91 Å². The zero-order valence-corrected chi connectivity index (χ0v) is 13.2. The largest absolute Gasteiger partial charge is 0.385 e. The predicted octanol–water partition coefficient (Wildman–Crippen LogP) is 2.27. The normalized spacial score (nSPS) is 11.5. The molecule has 0 saturated heterocycles. The number of ether oxygens (including phenoxy) is 1. The summed E-state index contributed by atoms with van der Waals surface area (Å²) in [5.74, 6) is -0.0719. The SMILES string of the molecule is COCCCNC(=O)C(C)Nc1ccc(C#N)cc1Br. The number of nitrogens with one attached hydrogen (secondary N) is 2. The first kappa shape index (κ1) is 16.5. The van der Waals surface area contributed by atoms with Gasteiger partial charge in [-0.3, -0.25) is 4.79 Å². The van der Waals surface area contributed by atoms with Crippen LogP contribution in [0.4, 0.5) is 5.69 Å². The van der Waals surface area contributed by atoms with Crippen LogP contribution in [0.2, 0.25) is 0 Å². The van der Waals surface area contributed by atoms with E-state index in [9.17, 15) is 4.79 Å². The standard InChI is InChI=1S/C14H18BrN3O2/c1-10(14(19)17-6-3-7-20-2)18-13-5-4-11(9-16)8-12(13)15/h4-5,8,10,18H,3,6-7H2,1-2H3,(H,17,19). The van der Waals surface area contributed by atoms with E-state index in [2.05, 4.69) is 32.6 Å². The van der Waals surface area contributed by atoms with Gasteiger partial charge in [-0.1, -0.05) is 0 Å². The maximum atomic E-state index is 11.9. The summed E-state index contributed by atoms with van der Waals surface area (Å²) in [6, 6.07) is 6.90. The lowest BCUT2D eigenvalue weighted by Gasteiger charge is -2.16. The van der Waals surface area contributed by atoms with Crippen molar-refractivity contribution in [3.8, 4) is 6.07 Å². The van der Waals surface area contributed by atoms with E-state index in [1.807, 2.05) is 0 Å². The van der Waals surface area contributed by atoms with Crippen LogP contribution in [0.25, 0.3) is 0 Å². The van der Waals surface area contributed by atoms with E-state index >= 15 is 0 Å². The number of amides is 1. The molecular formula is C14H18BrN3O2. The fraction of sp³-hybridized carbons (Fsp3) is 0.429. The lowest BCUT2D eigenvalue weighted by molar-refractivity contribution is -0.121. The Bertz CT molecular complexity index is 500. The lowest BCUT2D eigenvalue weighted by Crippen LogP contribution is -2.38. The number of nitriles is 1. The van der Waals surface area contributed by atoms with Crippen LogP contribution in [0.15, 0.2) is 22.7 Å². The van der Waals surface area contributed by atoms with Gasteiger partial charge in [-0.15, -0.1) is 0 Å². The number of halogens is 1. The molecular weight excluding hydrogens is 322 g/mol. The number of benzene rings is 1. The Hall–Kier alpha value is -1.58. The quantitative estimate of drug-likeness (QED) is 0.747. The Labute approximate surface area is 127 Å². The first-order valence-corrected chi connectivity index (χ1v) is 7.10. The zero-order valence-electron chi connectivity index (χ0n) is 11.6. The highest BCUT2D eigenvalue weighted by atomic mass is 79.9. The molecule has 20 heavy (non-hydrogen) atoms. The van der Waals surface area contributed by atoms with Gasteiger partial charge in [0.05, 0.1) is 11.6 Å². The minimum Gasteiger partial charge on any atom is -0.385 e. The molecule has 108 valence electrons. The van der Waals surface area contributed by atoms with Crippen LogP contribution in [0.5, 0.6) is 0 Å². The number of hydrogen-bond acceptors (Lipinski definition) is 4. The zero-order chi connectivity index (χ0) is 15.0. The molecule has 0 aromatic heterocycles. The number of carbonyl (C=O) groups is 1. The third-order valence-corrected chi connectivity index (χ3v) is 3.34. The van der Waals surface area contributed by atoms with Crippen molar-refractivity contribution in [3.05, 3.63) is 28.2 Å². The number of methoxy groups -OCH3 is 1. The van der Waals surface area contributed by atoms with Crippen molar-refractivity contribution in [2.24, 2.45) is 0 Å². The summed E-state index contributed by atoms with van der Waals surface area (Å²) in [7, 11) is 1.63. The van der Waals surface area contributed by atoms with Crippen LogP contribution >= 0.6 is 15.9 Å². The monoisotopic (exact) mass is 339 g/mol. The molecule has 1 aromatic carbocycles. The molecule has 1 atom stereocenters. The van der Waals surface area contributed by atoms with Crippen molar-refractivity contribution in [2.75, 3.05) is 25.6 Å². The fourth-order valence-corrected chi connectivity index (χ4v) is 2.07. The first-order chi connectivity index (χ1) is 9.58. The maximum absolute atomic E-state index is 11.9. The number of carbonyl (C=O) groups excluding carboxylic acids is 1. The van der Waals surface area contributed by atoms with Gasteiger partial charge in [0.1, 0.15) is 6.04 Å². The number of nitrogens with zero attached hydrogens (tertiary/aromatic N) is 1. The average Bonchev–Trinajstić information content (AvgIpc) is 2.45. The van der Waals surface area contributed by atoms with Crippen molar-refractivity contribution >= 4 is 27.5 Å². The summed E-state index contributed by atoms with van der Waals surface area (Å²) >= 11 is 3.38. The van der Waals surface area contributed by atoms with Gasteiger partial charge in [0.25, 0.3) is 0 Å². The molecule has 1 unspecified atom stereocenters. The molecule has 1 amide bonds. The van der Waals surface area contributed by atoms with E-state index in [1.165, 1.54) is 0 Å². The molecule has 2 N–H and O–H groups in total. The highest BCUT2D eigenvalue weighted by Crippen LogP contribution is 2.24. The molecule has 0 spiro atoms. The van der Waals surface area contributed by atoms with Crippen molar-refractivity contribution in [1.82, 2.24) is 5.32 Å². The van der Waals surface area contributed by atoms with Crippen LogP contribution < -0.4 is 10.6 Å². The minimum atomic E-state index is -0.359. The second-order valence-electron chi connectivity index (χ2n) is 4.31. The van der Waals surface area contributed by atoms with Gasteiger partial charge in [0, 0.05) is 30.4 Å². The Kier molecular flexibility index (Phi) is 7.05. The highest BCUT2D eigenvalue weighted by molar-refractivity contribution is 9.10. The van der Waals surface area contributed by atoms with Gasteiger partial charge < -0.3 is 15.4 Å². The van der Waals surface area contributed by atoms with Gasteiger partial charge in [0.15, 0.2) is 0 Å². The van der Waals surface area contributed by atoms with Crippen molar-refractivity contribution < 1.29 is 9.53 Å². The third kappa shape index (κ3) is 5.19. The maximum Gasteiger partial charge on any atom is 0.242 e. The van der Waals surface area contributed by atoms with Crippen molar-refractivity contribution in [1.29, 1.82) is 5.26 Å². The molecule has 0 bridgehead atoms.